The first-order chi connectivity index (χ1) is 14.6. The van der Waals surface area contributed by atoms with Crippen molar-refractivity contribution in [1.29, 1.82) is 5.26 Å². The minimum Gasteiger partial charge on any atom is -0.497 e. The molecule has 2 heterocycles. The molecule has 0 radical (unpaired) electrons. The fourth-order valence-electron chi connectivity index (χ4n) is 4.28. The molecule has 0 bridgehead atoms. The number of methoxy groups -OCH3 is 1. The molecule has 0 unspecified atom stereocenters. The predicted molar refractivity (Wildman–Crippen MR) is 120 cm³/mol. The van der Waals surface area contributed by atoms with Gasteiger partial charge in [0.15, 0.2) is 0 Å². The summed E-state index contributed by atoms with van der Waals surface area (Å²) in [7, 11) is 1.67. The van der Waals surface area contributed by atoms with Crippen molar-refractivity contribution in [3.8, 4) is 11.8 Å². The van der Waals surface area contributed by atoms with Crippen molar-refractivity contribution in [2.45, 2.75) is 26.2 Å². The summed E-state index contributed by atoms with van der Waals surface area (Å²) in [6.07, 6.45) is 3.07. The molecule has 0 spiro atoms. The molecule has 1 atom stereocenters. The number of anilines is 2. The van der Waals surface area contributed by atoms with Crippen LogP contribution in [0.25, 0.3) is 0 Å². The van der Waals surface area contributed by atoms with Gasteiger partial charge in [-0.25, -0.2) is 0 Å². The van der Waals surface area contributed by atoms with Gasteiger partial charge in [0.05, 0.1) is 19.2 Å². The first-order valence-electron chi connectivity index (χ1n) is 10.5. The largest absolute Gasteiger partial charge is 0.497 e. The molecule has 1 fully saturated rings. The van der Waals surface area contributed by atoms with E-state index < -0.39 is 0 Å². The maximum absolute atomic E-state index is 12.7. The minimum absolute atomic E-state index is 0.0314. The summed E-state index contributed by atoms with van der Waals surface area (Å²) in [5.41, 5.74) is 3.01. The van der Waals surface area contributed by atoms with E-state index in [2.05, 4.69) is 40.2 Å². The van der Waals surface area contributed by atoms with Crippen LogP contribution in [0.5, 0.6) is 5.75 Å². The van der Waals surface area contributed by atoms with Gasteiger partial charge in [0.2, 0.25) is 5.91 Å². The molecule has 0 saturated carbocycles. The van der Waals surface area contributed by atoms with Crippen LogP contribution in [0, 0.1) is 17.2 Å². The molecule has 1 amide bonds. The smallest absolute Gasteiger partial charge is 0.239 e. The number of thiophene rings is 1. The zero-order chi connectivity index (χ0) is 21.1. The molecule has 30 heavy (non-hydrogen) atoms. The summed E-state index contributed by atoms with van der Waals surface area (Å²) in [6, 6.07) is 10.4. The Morgan fingerprint density at radius 1 is 1.27 bits per heavy atom. The van der Waals surface area contributed by atoms with E-state index in [0.717, 1.165) is 61.8 Å². The molecule has 1 aromatic heterocycles. The number of hydrogen-bond donors (Lipinski definition) is 1. The number of piperazine rings is 1. The van der Waals surface area contributed by atoms with E-state index in [1.807, 2.05) is 12.1 Å². The zero-order valence-electron chi connectivity index (χ0n) is 17.6. The van der Waals surface area contributed by atoms with Crippen LogP contribution in [0.1, 0.15) is 29.3 Å². The number of carbonyl (C=O) groups is 1. The molecule has 2 aromatic rings. The van der Waals surface area contributed by atoms with E-state index >= 15 is 0 Å². The molecule has 1 saturated heterocycles. The second-order valence-electron chi connectivity index (χ2n) is 8.18. The van der Waals surface area contributed by atoms with Crippen LogP contribution in [-0.2, 0) is 17.6 Å². The second kappa shape index (κ2) is 9.07. The summed E-state index contributed by atoms with van der Waals surface area (Å²) in [5, 5.41) is 13.4. The van der Waals surface area contributed by atoms with Gasteiger partial charge in [-0.15, -0.1) is 11.3 Å². The third-order valence-electron chi connectivity index (χ3n) is 6.05. The summed E-state index contributed by atoms with van der Waals surface area (Å²) in [5.74, 6) is 1.47. The van der Waals surface area contributed by atoms with Crippen LogP contribution in [0.3, 0.4) is 0 Å². The number of ether oxygens (including phenoxy) is 1. The van der Waals surface area contributed by atoms with E-state index in [1.165, 1.54) is 10.6 Å². The molecule has 1 aliphatic heterocycles. The van der Waals surface area contributed by atoms with Crippen LogP contribution >= 0.6 is 11.3 Å². The number of nitriles is 1. The normalized spacial score (nSPS) is 19.1. The predicted octanol–water partition coefficient (Wildman–Crippen LogP) is 3.51. The number of nitrogens with zero attached hydrogens (tertiary/aromatic N) is 3. The number of amides is 1. The van der Waals surface area contributed by atoms with E-state index in [4.69, 9.17) is 4.74 Å². The number of rotatable bonds is 5. The monoisotopic (exact) mass is 424 g/mol. The standard InChI is InChI=1S/C23H28N4O2S/c1-16-3-8-19-20(14-24)23(30-21(19)13-16)25-22(28)15-26-9-11-27(12-10-26)17-4-6-18(29-2)7-5-17/h4-7,16H,3,8-13,15H2,1-2H3,(H,25,28)/t16-/m0/s1. The number of benzene rings is 1. The molecule has 7 heteroatoms. The summed E-state index contributed by atoms with van der Waals surface area (Å²) < 4.78 is 5.22. The van der Waals surface area contributed by atoms with Crippen LogP contribution in [0.4, 0.5) is 10.7 Å². The highest BCUT2D eigenvalue weighted by Crippen LogP contribution is 2.39. The van der Waals surface area contributed by atoms with Gasteiger partial charge in [-0.05, 0) is 55.0 Å². The zero-order valence-corrected chi connectivity index (χ0v) is 18.4. The molecule has 4 rings (SSSR count). The molecule has 158 valence electrons. The lowest BCUT2D eigenvalue weighted by molar-refractivity contribution is -0.117. The van der Waals surface area contributed by atoms with Crippen LogP contribution in [0.15, 0.2) is 24.3 Å². The highest BCUT2D eigenvalue weighted by atomic mass is 32.1. The average Bonchev–Trinajstić information content (AvgIpc) is 3.10. The SMILES string of the molecule is COc1ccc(N2CCN(CC(=O)Nc3sc4c(c3C#N)CC[C@H](C)C4)CC2)cc1. The molecule has 6 nitrogen and oxygen atoms in total. The van der Waals surface area contributed by atoms with E-state index in [9.17, 15) is 10.1 Å². The summed E-state index contributed by atoms with van der Waals surface area (Å²) in [4.78, 5) is 18.4. The lowest BCUT2D eigenvalue weighted by Gasteiger charge is -2.35. The molecule has 1 N–H and O–H groups in total. The number of hydrogen-bond acceptors (Lipinski definition) is 6. The van der Waals surface area contributed by atoms with Crippen molar-refractivity contribution >= 4 is 27.9 Å². The Bertz CT molecular complexity index is 939. The van der Waals surface area contributed by atoms with Gasteiger partial charge < -0.3 is 15.0 Å². The fraction of sp³-hybridized carbons (Fsp3) is 0.478. The number of fused-ring (bicyclic) bond motifs is 1. The van der Waals surface area contributed by atoms with Gasteiger partial charge in [0.1, 0.15) is 16.8 Å². The van der Waals surface area contributed by atoms with E-state index in [1.54, 1.807) is 18.4 Å². The highest BCUT2D eigenvalue weighted by Gasteiger charge is 2.25. The fourth-order valence-corrected chi connectivity index (χ4v) is 5.66. The van der Waals surface area contributed by atoms with Crippen molar-refractivity contribution < 1.29 is 9.53 Å². The van der Waals surface area contributed by atoms with Gasteiger partial charge in [-0.3, -0.25) is 9.69 Å². The maximum atomic E-state index is 12.7. The summed E-state index contributed by atoms with van der Waals surface area (Å²) >= 11 is 1.59. The first-order valence-corrected chi connectivity index (χ1v) is 11.3. The van der Waals surface area contributed by atoms with Crippen molar-refractivity contribution in [2.24, 2.45) is 5.92 Å². The topological polar surface area (TPSA) is 68.6 Å². The Hall–Kier alpha value is -2.56. The quantitative estimate of drug-likeness (QED) is 0.795. The third-order valence-corrected chi connectivity index (χ3v) is 7.22. The Morgan fingerprint density at radius 3 is 2.67 bits per heavy atom. The number of nitrogens with one attached hydrogen (secondary N) is 1. The molecule has 1 aromatic carbocycles. The first kappa shape index (κ1) is 20.7. The number of carbonyl (C=O) groups excluding carboxylic acids is 1. The van der Waals surface area contributed by atoms with Gasteiger partial charge in [-0.2, -0.15) is 5.26 Å². The van der Waals surface area contributed by atoms with E-state index in [0.29, 0.717) is 18.0 Å². The average molecular weight is 425 g/mol. The van der Waals surface area contributed by atoms with Crippen molar-refractivity contribution in [2.75, 3.05) is 50.1 Å². The highest BCUT2D eigenvalue weighted by molar-refractivity contribution is 7.16. The van der Waals surface area contributed by atoms with Gasteiger partial charge in [0.25, 0.3) is 0 Å². The second-order valence-corrected chi connectivity index (χ2v) is 9.28. The minimum atomic E-state index is -0.0314. The lowest BCUT2D eigenvalue weighted by Crippen LogP contribution is -2.48. The Balaban J connectivity index is 1.32. The van der Waals surface area contributed by atoms with Crippen LogP contribution in [-0.4, -0.2) is 50.6 Å². The van der Waals surface area contributed by atoms with Crippen LogP contribution < -0.4 is 15.0 Å². The summed E-state index contributed by atoms with van der Waals surface area (Å²) in [6.45, 7) is 6.05. The van der Waals surface area contributed by atoms with Crippen molar-refractivity contribution in [3.63, 3.8) is 0 Å². The Morgan fingerprint density at radius 2 is 2.00 bits per heavy atom. The molecule has 1 aliphatic carbocycles. The molecular weight excluding hydrogens is 396 g/mol. The van der Waals surface area contributed by atoms with Gasteiger partial charge >= 0.3 is 0 Å². The van der Waals surface area contributed by atoms with E-state index in [-0.39, 0.29) is 5.91 Å². The lowest BCUT2D eigenvalue weighted by atomic mass is 9.89. The van der Waals surface area contributed by atoms with Crippen LogP contribution in [0.2, 0.25) is 0 Å². The van der Waals surface area contributed by atoms with Crippen molar-refractivity contribution in [3.05, 3.63) is 40.3 Å². The van der Waals surface area contributed by atoms with Gasteiger partial charge in [0, 0.05) is 36.7 Å². The molecule has 2 aliphatic rings. The Kier molecular flexibility index (Phi) is 6.26. The molecular formula is C23H28N4O2S. The maximum Gasteiger partial charge on any atom is 0.239 e. The van der Waals surface area contributed by atoms with Crippen molar-refractivity contribution in [1.82, 2.24) is 4.90 Å². The third kappa shape index (κ3) is 4.45. The van der Waals surface area contributed by atoms with Gasteiger partial charge in [-0.1, -0.05) is 6.92 Å². The Labute approximate surface area is 182 Å².